The molecule has 0 heterocycles. The van der Waals surface area contributed by atoms with Crippen LogP contribution < -0.4 is 0 Å². The van der Waals surface area contributed by atoms with Gasteiger partial charge in [0.05, 0.1) is 0 Å². The van der Waals surface area contributed by atoms with Crippen molar-refractivity contribution in [3.05, 3.63) is 34.4 Å². The fourth-order valence-corrected chi connectivity index (χ4v) is 2.37. The Hall–Kier alpha value is -1.97. The van der Waals surface area contributed by atoms with Gasteiger partial charge in [-0.1, -0.05) is 39.8 Å². The lowest BCUT2D eigenvalue weighted by atomic mass is 9.90. The highest BCUT2D eigenvalue weighted by Crippen LogP contribution is 2.22. The zero-order chi connectivity index (χ0) is 16.9. The summed E-state index contributed by atoms with van der Waals surface area (Å²) in [6, 6.07) is 3.95. The van der Waals surface area contributed by atoms with E-state index >= 15 is 0 Å². The van der Waals surface area contributed by atoms with Crippen LogP contribution in [0.3, 0.4) is 0 Å². The second kappa shape index (κ2) is 7.87. The molecule has 1 rings (SSSR count). The maximum absolute atomic E-state index is 12.7. The quantitative estimate of drug-likeness (QED) is 0.350. The maximum atomic E-state index is 12.7. The Kier molecular flexibility index (Phi) is 6.47. The summed E-state index contributed by atoms with van der Waals surface area (Å²) in [5.74, 6) is -0.838. The third-order valence-electron chi connectivity index (χ3n) is 3.62. The van der Waals surface area contributed by atoms with Gasteiger partial charge in [-0.2, -0.15) is 5.10 Å². The first-order valence-corrected chi connectivity index (χ1v) is 7.81. The molecule has 0 radical (unpaired) electrons. The van der Waals surface area contributed by atoms with Crippen molar-refractivity contribution in [1.82, 2.24) is 5.01 Å². The molecule has 0 saturated heterocycles. The second-order valence-corrected chi connectivity index (χ2v) is 5.77. The number of rotatable bonds is 6. The van der Waals surface area contributed by atoms with Gasteiger partial charge in [-0.25, -0.2) is 5.01 Å². The Bertz CT molecular complexity index is 589. The van der Waals surface area contributed by atoms with E-state index in [0.29, 0.717) is 5.56 Å². The van der Waals surface area contributed by atoms with Crippen molar-refractivity contribution in [3.63, 3.8) is 0 Å². The minimum absolute atomic E-state index is 0.224. The van der Waals surface area contributed by atoms with Gasteiger partial charge >= 0.3 is 5.91 Å². The van der Waals surface area contributed by atoms with Crippen LogP contribution in [0.1, 0.15) is 54.7 Å². The molecule has 0 saturated carbocycles. The van der Waals surface area contributed by atoms with Crippen molar-refractivity contribution < 1.29 is 9.59 Å². The number of ketones is 1. The molecule has 0 unspecified atom stereocenters. The Morgan fingerprint density at radius 3 is 2.36 bits per heavy atom. The van der Waals surface area contributed by atoms with Crippen LogP contribution in [-0.4, -0.2) is 30.0 Å². The number of hydrogen-bond acceptors (Lipinski definition) is 3. The molecule has 4 heteroatoms. The molecule has 22 heavy (non-hydrogen) atoms. The average Bonchev–Trinajstić information content (AvgIpc) is 2.50. The highest BCUT2D eigenvalue weighted by molar-refractivity contribution is 6.43. The summed E-state index contributed by atoms with van der Waals surface area (Å²) >= 11 is 0. The highest BCUT2D eigenvalue weighted by atomic mass is 16.2. The molecule has 1 amide bonds. The van der Waals surface area contributed by atoms with Crippen LogP contribution in [0.5, 0.6) is 0 Å². The summed E-state index contributed by atoms with van der Waals surface area (Å²) in [5, 5.41) is 5.17. The lowest BCUT2D eigenvalue weighted by molar-refractivity contribution is -0.125. The number of carbonyl (C=O) groups is 2. The molecule has 0 bridgehead atoms. The van der Waals surface area contributed by atoms with E-state index < -0.39 is 11.7 Å². The molecule has 0 aliphatic heterocycles. The topological polar surface area (TPSA) is 49.7 Å². The van der Waals surface area contributed by atoms with Gasteiger partial charge in [0, 0.05) is 18.8 Å². The molecule has 120 valence electrons. The molecule has 0 aliphatic carbocycles. The van der Waals surface area contributed by atoms with Crippen LogP contribution in [0.25, 0.3) is 0 Å². The Balaban J connectivity index is 3.22. The smallest absolute Gasteiger partial charge is 0.283 e. The second-order valence-electron chi connectivity index (χ2n) is 5.77. The van der Waals surface area contributed by atoms with Gasteiger partial charge in [-0.3, -0.25) is 9.59 Å². The normalized spacial score (nSPS) is 11.2. The average molecular weight is 302 g/mol. The maximum Gasteiger partial charge on any atom is 0.314 e. The number of amides is 1. The number of nitrogens with zero attached hydrogens (tertiary/aromatic N) is 2. The van der Waals surface area contributed by atoms with E-state index in [1.807, 2.05) is 46.8 Å². The zero-order valence-corrected chi connectivity index (χ0v) is 14.4. The third kappa shape index (κ3) is 4.03. The predicted octanol–water partition coefficient (Wildman–Crippen LogP) is 3.40. The van der Waals surface area contributed by atoms with E-state index in [1.165, 1.54) is 7.05 Å². The summed E-state index contributed by atoms with van der Waals surface area (Å²) in [5.41, 5.74) is 3.48. The number of likely N-dealkylation sites (N-methyl/N-ethyl adjacent to an activating group) is 1. The van der Waals surface area contributed by atoms with Crippen molar-refractivity contribution in [2.75, 3.05) is 7.05 Å². The van der Waals surface area contributed by atoms with Crippen molar-refractivity contribution >= 4 is 17.9 Å². The lowest BCUT2D eigenvalue weighted by Gasteiger charge is -2.16. The monoisotopic (exact) mass is 302 g/mol. The lowest BCUT2D eigenvalue weighted by Crippen LogP contribution is -2.31. The largest absolute Gasteiger partial charge is 0.314 e. The van der Waals surface area contributed by atoms with E-state index in [-0.39, 0.29) is 5.92 Å². The molecular weight excluding hydrogens is 276 g/mol. The van der Waals surface area contributed by atoms with Gasteiger partial charge in [0.15, 0.2) is 0 Å². The summed E-state index contributed by atoms with van der Waals surface area (Å²) in [6.07, 6.45) is 3.11. The number of hydrazone groups is 1. The van der Waals surface area contributed by atoms with E-state index in [2.05, 4.69) is 5.10 Å². The van der Waals surface area contributed by atoms with Gasteiger partial charge in [0.2, 0.25) is 0 Å². The van der Waals surface area contributed by atoms with Crippen LogP contribution in [0.15, 0.2) is 17.2 Å². The Labute approximate surface area is 133 Å². The number of benzene rings is 1. The van der Waals surface area contributed by atoms with Crippen LogP contribution in [0, 0.1) is 12.8 Å². The first-order chi connectivity index (χ1) is 10.3. The zero-order valence-electron chi connectivity index (χ0n) is 14.4. The van der Waals surface area contributed by atoms with Gasteiger partial charge in [-0.05, 0) is 42.4 Å². The molecule has 0 N–H and O–H groups in total. The van der Waals surface area contributed by atoms with E-state index in [0.717, 1.165) is 34.5 Å². The summed E-state index contributed by atoms with van der Waals surface area (Å²) in [7, 11) is 1.52. The van der Waals surface area contributed by atoms with Crippen LogP contribution in [0.2, 0.25) is 0 Å². The van der Waals surface area contributed by atoms with Crippen molar-refractivity contribution in [2.45, 2.75) is 47.5 Å². The van der Waals surface area contributed by atoms with Gasteiger partial charge in [0.25, 0.3) is 5.78 Å². The van der Waals surface area contributed by atoms with Gasteiger partial charge in [0.1, 0.15) is 0 Å². The molecule has 0 spiro atoms. The van der Waals surface area contributed by atoms with Crippen molar-refractivity contribution in [2.24, 2.45) is 11.0 Å². The van der Waals surface area contributed by atoms with Crippen molar-refractivity contribution in [1.29, 1.82) is 0 Å². The fraction of sp³-hybridized carbons (Fsp3) is 0.500. The minimum atomic E-state index is -0.591. The Morgan fingerprint density at radius 1 is 1.23 bits per heavy atom. The number of carbonyl (C=O) groups excluding carboxylic acids is 2. The van der Waals surface area contributed by atoms with Crippen LogP contribution in [-0.2, 0) is 17.6 Å². The Morgan fingerprint density at radius 2 is 1.86 bits per heavy atom. The van der Waals surface area contributed by atoms with Gasteiger partial charge in [-0.15, -0.1) is 0 Å². The highest BCUT2D eigenvalue weighted by Gasteiger charge is 2.25. The molecule has 0 fully saturated rings. The van der Waals surface area contributed by atoms with Crippen LogP contribution in [0.4, 0.5) is 0 Å². The molecule has 1 aromatic rings. The number of aryl methyl sites for hydroxylation is 2. The number of Topliss-reactive ketones (excluding diaryl/α,β-unsaturated/α-hetero) is 1. The molecule has 4 nitrogen and oxygen atoms in total. The van der Waals surface area contributed by atoms with Crippen molar-refractivity contribution in [3.8, 4) is 0 Å². The summed E-state index contributed by atoms with van der Waals surface area (Å²) < 4.78 is 0. The fourth-order valence-electron chi connectivity index (χ4n) is 2.37. The number of hydrogen-bond donors (Lipinski definition) is 0. The first-order valence-electron chi connectivity index (χ1n) is 7.81. The summed E-state index contributed by atoms with van der Waals surface area (Å²) in [4.78, 5) is 25.0. The molecule has 0 aromatic heterocycles. The summed E-state index contributed by atoms with van der Waals surface area (Å²) in [6.45, 7) is 9.90. The first kappa shape index (κ1) is 18.1. The SMILES string of the molecule is CCc1ccc(C)c(CC)c1C(=O)C(=O)N(C)N=CC(C)C. The van der Waals surface area contributed by atoms with E-state index in [9.17, 15) is 9.59 Å². The predicted molar refractivity (Wildman–Crippen MR) is 90.4 cm³/mol. The molecular formula is C18H26N2O2. The molecule has 0 aliphatic rings. The molecule has 1 aromatic carbocycles. The third-order valence-corrected chi connectivity index (χ3v) is 3.62. The standard InChI is InChI=1S/C18H26N2O2/c1-7-14-10-9-13(5)15(8-2)16(14)17(21)18(22)20(6)19-11-12(3)4/h9-12H,7-8H2,1-6H3. The van der Waals surface area contributed by atoms with Crippen LogP contribution >= 0.6 is 0 Å². The molecule has 0 atom stereocenters. The van der Waals surface area contributed by atoms with E-state index in [4.69, 9.17) is 0 Å². The minimum Gasteiger partial charge on any atom is -0.283 e. The van der Waals surface area contributed by atoms with E-state index in [1.54, 1.807) is 6.21 Å². The van der Waals surface area contributed by atoms with Gasteiger partial charge < -0.3 is 0 Å².